The molecule has 31 heavy (non-hydrogen) atoms. The minimum Gasteiger partial charge on any atom is -0.457 e. The first-order chi connectivity index (χ1) is 15.1. The summed E-state index contributed by atoms with van der Waals surface area (Å²) in [5.41, 5.74) is 2.67. The Morgan fingerprint density at radius 2 is 1.84 bits per heavy atom. The summed E-state index contributed by atoms with van der Waals surface area (Å²) in [5.74, 6) is 1.15. The molecule has 6 heteroatoms. The Balaban J connectivity index is 1.35. The Labute approximate surface area is 187 Å². The second-order valence-corrected chi connectivity index (χ2v) is 7.89. The van der Waals surface area contributed by atoms with Crippen molar-refractivity contribution in [2.24, 2.45) is 0 Å². The third-order valence-electron chi connectivity index (χ3n) is 5.46. The second kappa shape index (κ2) is 9.86. The molecule has 0 radical (unpaired) electrons. The maximum atomic E-state index is 12.3. The number of halogens is 1. The van der Waals surface area contributed by atoms with Crippen molar-refractivity contribution in [2.75, 3.05) is 42.9 Å². The number of anilines is 2. The molecule has 160 valence electrons. The largest absolute Gasteiger partial charge is 0.457 e. The van der Waals surface area contributed by atoms with Gasteiger partial charge in [-0.3, -0.25) is 4.79 Å². The number of furan rings is 1. The molecular weight excluding hydrogens is 410 g/mol. The SMILES string of the molecule is CCN1CCN(c2ccc(NC(=O)/C=C/c3ccc(-c4ccccc4)o3)cc2Cl)CC1. The van der Waals surface area contributed by atoms with E-state index in [1.165, 1.54) is 6.08 Å². The van der Waals surface area contributed by atoms with Gasteiger partial charge in [0, 0.05) is 43.5 Å². The van der Waals surface area contributed by atoms with Crippen molar-refractivity contribution < 1.29 is 9.21 Å². The molecule has 0 atom stereocenters. The summed E-state index contributed by atoms with van der Waals surface area (Å²) >= 11 is 6.51. The lowest BCUT2D eigenvalue weighted by Crippen LogP contribution is -2.46. The summed E-state index contributed by atoms with van der Waals surface area (Å²) in [4.78, 5) is 17.0. The van der Waals surface area contributed by atoms with Gasteiger partial charge in [-0.05, 0) is 43.0 Å². The monoisotopic (exact) mass is 435 g/mol. The molecule has 1 aliphatic rings. The first-order valence-electron chi connectivity index (χ1n) is 10.5. The minimum absolute atomic E-state index is 0.238. The van der Waals surface area contributed by atoms with Crippen molar-refractivity contribution in [3.8, 4) is 11.3 Å². The van der Waals surface area contributed by atoms with Gasteiger partial charge in [0.2, 0.25) is 5.91 Å². The quantitative estimate of drug-likeness (QED) is 0.527. The van der Waals surface area contributed by atoms with E-state index in [0.717, 1.165) is 49.7 Å². The lowest BCUT2D eigenvalue weighted by molar-refractivity contribution is -0.111. The van der Waals surface area contributed by atoms with Gasteiger partial charge >= 0.3 is 0 Å². The predicted octanol–water partition coefficient (Wildman–Crippen LogP) is 5.39. The van der Waals surface area contributed by atoms with E-state index in [9.17, 15) is 4.79 Å². The van der Waals surface area contributed by atoms with Gasteiger partial charge in [-0.15, -0.1) is 0 Å². The van der Waals surface area contributed by atoms with Gasteiger partial charge in [0.05, 0.1) is 10.7 Å². The van der Waals surface area contributed by atoms with Gasteiger partial charge < -0.3 is 19.5 Å². The minimum atomic E-state index is -0.238. The van der Waals surface area contributed by atoms with Crippen LogP contribution in [-0.4, -0.2) is 43.5 Å². The summed E-state index contributed by atoms with van der Waals surface area (Å²) in [6, 6.07) is 19.2. The average Bonchev–Trinajstić information content (AvgIpc) is 3.28. The third-order valence-corrected chi connectivity index (χ3v) is 5.76. The van der Waals surface area contributed by atoms with Crippen molar-refractivity contribution >= 4 is 35.0 Å². The zero-order valence-electron chi connectivity index (χ0n) is 17.6. The van der Waals surface area contributed by atoms with Crippen LogP contribution in [0, 0.1) is 0 Å². The van der Waals surface area contributed by atoms with Crippen molar-refractivity contribution in [1.82, 2.24) is 4.90 Å². The number of nitrogens with one attached hydrogen (secondary N) is 1. The molecule has 1 saturated heterocycles. The predicted molar refractivity (Wildman–Crippen MR) is 128 cm³/mol. The van der Waals surface area contributed by atoms with Crippen LogP contribution in [0.15, 0.2) is 71.2 Å². The number of piperazine rings is 1. The van der Waals surface area contributed by atoms with Crippen molar-refractivity contribution in [3.63, 3.8) is 0 Å². The summed E-state index contributed by atoms with van der Waals surface area (Å²) in [6.07, 6.45) is 3.12. The number of hydrogen-bond donors (Lipinski definition) is 1. The first-order valence-corrected chi connectivity index (χ1v) is 10.9. The molecule has 5 nitrogen and oxygen atoms in total. The van der Waals surface area contributed by atoms with Crippen molar-refractivity contribution in [3.05, 3.63) is 77.5 Å². The highest BCUT2D eigenvalue weighted by Crippen LogP contribution is 2.30. The van der Waals surface area contributed by atoms with Crippen LogP contribution in [0.25, 0.3) is 17.4 Å². The summed E-state index contributed by atoms with van der Waals surface area (Å²) in [5, 5.41) is 3.50. The van der Waals surface area contributed by atoms with Gasteiger partial charge in [0.15, 0.2) is 0 Å². The molecule has 1 fully saturated rings. The molecule has 0 spiro atoms. The number of amides is 1. The lowest BCUT2D eigenvalue weighted by Gasteiger charge is -2.36. The van der Waals surface area contributed by atoms with Crippen LogP contribution in [0.5, 0.6) is 0 Å². The fourth-order valence-electron chi connectivity index (χ4n) is 3.69. The molecule has 3 aromatic rings. The smallest absolute Gasteiger partial charge is 0.248 e. The molecule has 2 aromatic carbocycles. The Morgan fingerprint density at radius 1 is 1.06 bits per heavy atom. The molecule has 2 heterocycles. The molecule has 0 bridgehead atoms. The average molecular weight is 436 g/mol. The summed E-state index contributed by atoms with van der Waals surface area (Å²) < 4.78 is 5.79. The van der Waals surface area contributed by atoms with E-state index < -0.39 is 0 Å². The summed E-state index contributed by atoms with van der Waals surface area (Å²) in [7, 11) is 0. The van der Waals surface area contributed by atoms with Crippen LogP contribution in [0.3, 0.4) is 0 Å². The zero-order chi connectivity index (χ0) is 21.6. The number of carbonyl (C=O) groups is 1. The standard InChI is InChI=1S/C25H26ClN3O2/c1-2-28-14-16-29(17-15-28)23-11-8-20(18-22(23)26)27-25(30)13-10-21-9-12-24(31-21)19-6-4-3-5-7-19/h3-13,18H,2,14-17H2,1H3,(H,27,30)/b13-10+. The Hall–Kier alpha value is -3.02. The molecule has 0 saturated carbocycles. The molecule has 1 aliphatic heterocycles. The molecule has 4 rings (SSSR count). The molecule has 0 aliphatic carbocycles. The number of hydrogen-bond acceptors (Lipinski definition) is 4. The normalized spacial score (nSPS) is 14.8. The fraction of sp³-hybridized carbons (Fsp3) is 0.240. The first kappa shape index (κ1) is 21.2. The molecule has 0 unspecified atom stereocenters. The third kappa shape index (κ3) is 5.37. The Kier molecular flexibility index (Phi) is 6.75. The van der Waals surface area contributed by atoms with Gasteiger partial charge in [-0.25, -0.2) is 0 Å². The Morgan fingerprint density at radius 3 is 2.55 bits per heavy atom. The van der Waals surface area contributed by atoms with Gasteiger partial charge in [0.1, 0.15) is 11.5 Å². The van der Waals surface area contributed by atoms with Gasteiger partial charge in [-0.2, -0.15) is 0 Å². The second-order valence-electron chi connectivity index (χ2n) is 7.48. The van der Waals surface area contributed by atoms with E-state index >= 15 is 0 Å². The van der Waals surface area contributed by atoms with Crippen LogP contribution in [0.1, 0.15) is 12.7 Å². The number of nitrogens with zero attached hydrogens (tertiary/aromatic N) is 2. The van der Waals surface area contributed by atoms with E-state index in [4.69, 9.17) is 16.0 Å². The maximum absolute atomic E-state index is 12.3. The lowest BCUT2D eigenvalue weighted by atomic mass is 10.2. The van der Waals surface area contributed by atoms with E-state index in [1.807, 2.05) is 54.6 Å². The molecular formula is C25H26ClN3O2. The van der Waals surface area contributed by atoms with Crippen LogP contribution < -0.4 is 10.2 Å². The maximum Gasteiger partial charge on any atom is 0.248 e. The van der Waals surface area contributed by atoms with E-state index in [2.05, 4.69) is 22.0 Å². The summed E-state index contributed by atoms with van der Waals surface area (Å²) in [6.45, 7) is 7.24. The molecule has 1 amide bonds. The molecule has 1 aromatic heterocycles. The topological polar surface area (TPSA) is 48.7 Å². The number of likely N-dealkylation sites (N-methyl/N-ethyl adjacent to an activating group) is 1. The van der Waals surface area contributed by atoms with Crippen LogP contribution in [-0.2, 0) is 4.79 Å². The number of rotatable bonds is 6. The van der Waals surface area contributed by atoms with Crippen LogP contribution in [0.2, 0.25) is 5.02 Å². The zero-order valence-corrected chi connectivity index (χ0v) is 18.3. The van der Waals surface area contributed by atoms with E-state index in [0.29, 0.717) is 16.5 Å². The fourth-order valence-corrected chi connectivity index (χ4v) is 3.99. The molecule has 1 N–H and O–H groups in total. The highest BCUT2D eigenvalue weighted by atomic mass is 35.5. The van der Waals surface area contributed by atoms with Crippen molar-refractivity contribution in [1.29, 1.82) is 0 Å². The van der Waals surface area contributed by atoms with Gasteiger partial charge in [0.25, 0.3) is 0 Å². The van der Waals surface area contributed by atoms with Crippen LogP contribution in [0.4, 0.5) is 11.4 Å². The van der Waals surface area contributed by atoms with E-state index in [1.54, 1.807) is 12.1 Å². The Bertz CT molecular complexity index is 1050. The highest BCUT2D eigenvalue weighted by Gasteiger charge is 2.18. The van der Waals surface area contributed by atoms with E-state index in [-0.39, 0.29) is 5.91 Å². The van der Waals surface area contributed by atoms with Crippen molar-refractivity contribution in [2.45, 2.75) is 6.92 Å². The van der Waals surface area contributed by atoms with Crippen LogP contribution >= 0.6 is 11.6 Å². The highest BCUT2D eigenvalue weighted by molar-refractivity contribution is 6.33. The number of carbonyl (C=O) groups excluding carboxylic acids is 1. The van der Waals surface area contributed by atoms with Gasteiger partial charge in [-0.1, -0.05) is 48.9 Å². The number of benzene rings is 2.